The SMILES string of the molecule is CCC(C)c1ccc(OC(C)CC(C)(C)C)cc1.CCOC(C)Oc1ccc(C(C)CC)cc1. The lowest BCUT2D eigenvalue weighted by molar-refractivity contribution is -0.0613. The summed E-state index contributed by atoms with van der Waals surface area (Å²) in [5.41, 5.74) is 3.07. The molecule has 3 nitrogen and oxygen atoms in total. The van der Waals surface area contributed by atoms with Gasteiger partial charge in [0, 0.05) is 6.61 Å². The Morgan fingerprint density at radius 3 is 1.41 bits per heavy atom. The molecular weight excluding hydrogens is 420 g/mol. The summed E-state index contributed by atoms with van der Waals surface area (Å²) < 4.78 is 16.9. The summed E-state index contributed by atoms with van der Waals surface area (Å²) in [6.07, 6.45) is 3.50. The Morgan fingerprint density at radius 2 is 1.06 bits per heavy atom. The summed E-state index contributed by atoms with van der Waals surface area (Å²) in [6.45, 7) is 22.4. The minimum Gasteiger partial charge on any atom is -0.491 e. The molecule has 0 bridgehead atoms. The van der Waals surface area contributed by atoms with Gasteiger partial charge in [0.15, 0.2) is 6.29 Å². The highest BCUT2D eigenvalue weighted by atomic mass is 16.7. The van der Waals surface area contributed by atoms with Gasteiger partial charge in [-0.2, -0.15) is 0 Å². The lowest BCUT2D eigenvalue weighted by atomic mass is 9.90. The summed E-state index contributed by atoms with van der Waals surface area (Å²) in [4.78, 5) is 0. The normalized spacial score (nSPS) is 14.9. The van der Waals surface area contributed by atoms with Crippen LogP contribution in [0, 0.1) is 5.41 Å². The van der Waals surface area contributed by atoms with Gasteiger partial charge in [-0.1, -0.05) is 72.7 Å². The Labute approximate surface area is 210 Å². The lowest BCUT2D eigenvalue weighted by Crippen LogP contribution is -2.20. The summed E-state index contributed by atoms with van der Waals surface area (Å²) >= 11 is 0. The van der Waals surface area contributed by atoms with Crippen molar-refractivity contribution in [1.82, 2.24) is 0 Å². The monoisotopic (exact) mass is 470 g/mol. The molecular formula is C31H50O3. The third-order valence-electron chi connectivity index (χ3n) is 6.06. The first-order chi connectivity index (χ1) is 16.0. The van der Waals surface area contributed by atoms with E-state index in [1.165, 1.54) is 17.5 Å². The molecule has 0 heterocycles. The third-order valence-corrected chi connectivity index (χ3v) is 6.06. The highest BCUT2D eigenvalue weighted by Gasteiger charge is 2.16. The van der Waals surface area contributed by atoms with Crippen LogP contribution < -0.4 is 9.47 Å². The lowest BCUT2D eigenvalue weighted by Gasteiger charge is -2.24. The number of hydrogen-bond acceptors (Lipinski definition) is 3. The molecule has 2 aromatic carbocycles. The largest absolute Gasteiger partial charge is 0.491 e. The maximum Gasteiger partial charge on any atom is 0.196 e. The number of hydrogen-bond donors (Lipinski definition) is 0. The first-order valence-electron chi connectivity index (χ1n) is 13.1. The van der Waals surface area contributed by atoms with Crippen LogP contribution in [0.4, 0.5) is 0 Å². The number of benzene rings is 2. The Morgan fingerprint density at radius 1 is 0.647 bits per heavy atom. The van der Waals surface area contributed by atoms with Crippen molar-refractivity contribution < 1.29 is 14.2 Å². The summed E-state index contributed by atoms with van der Waals surface area (Å²) in [7, 11) is 0. The fraction of sp³-hybridized carbons (Fsp3) is 0.613. The van der Waals surface area contributed by atoms with Crippen LogP contribution in [0.5, 0.6) is 11.5 Å². The molecule has 192 valence electrons. The Bertz CT molecular complexity index is 774. The second-order valence-corrected chi connectivity index (χ2v) is 10.6. The average Bonchev–Trinajstić information content (AvgIpc) is 2.78. The average molecular weight is 471 g/mol. The predicted molar refractivity (Wildman–Crippen MR) is 146 cm³/mol. The number of rotatable bonds is 11. The fourth-order valence-electron chi connectivity index (χ4n) is 3.82. The summed E-state index contributed by atoms with van der Waals surface area (Å²) in [5, 5.41) is 0. The smallest absolute Gasteiger partial charge is 0.196 e. The van der Waals surface area contributed by atoms with Gasteiger partial charge in [-0.05, 0) is 92.7 Å². The zero-order valence-corrected chi connectivity index (χ0v) is 23.5. The second-order valence-electron chi connectivity index (χ2n) is 10.6. The van der Waals surface area contributed by atoms with Crippen LogP contribution in [0.25, 0.3) is 0 Å². The van der Waals surface area contributed by atoms with E-state index in [0.29, 0.717) is 23.9 Å². The maximum atomic E-state index is 5.96. The molecule has 0 radical (unpaired) electrons. The van der Waals surface area contributed by atoms with Crippen LogP contribution in [-0.4, -0.2) is 19.0 Å². The topological polar surface area (TPSA) is 27.7 Å². The van der Waals surface area contributed by atoms with Gasteiger partial charge in [0.2, 0.25) is 0 Å². The van der Waals surface area contributed by atoms with E-state index in [0.717, 1.165) is 24.3 Å². The van der Waals surface area contributed by atoms with E-state index in [2.05, 4.69) is 91.8 Å². The van der Waals surface area contributed by atoms with E-state index in [1.54, 1.807) is 0 Å². The van der Waals surface area contributed by atoms with E-state index in [4.69, 9.17) is 14.2 Å². The highest BCUT2D eigenvalue weighted by molar-refractivity contribution is 5.30. The first-order valence-corrected chi connectivity index (χ1v) is 13.1. The van der Waals surface area contributed by atoms with Crippen LogP contribution in [0.3, 0.4) is 0 Å². The van der Waals surface area contributed by atoms with Gasteiger partial charge in [-0.25, -0.2) is 0 Å². The predicted octanol–water partition coefficient (Wildman–Crippen LogP) is 9.37. The molecule has 0 spiro atoms. The molecule has 3 heteroatoms. The van der Waals surface area contributed by atoms with Gasteiger partial charge in [0.25, 0.3) is 0 Å². The molecule has 0 aliphatic heterocycles. The highest BCUT2D eigenvalue weighted by Crippen LogP contribution is 2.26. The fourth-order valence-corrected chi connectivity index (χ4v) is 3.82. The molecule has 2 rings (SSSR count). The minimum atomic E-state index is -0.181. The van der Waals surface area contributed by atoms with E-state index in [1.807, 2.05) is 26.0 Å². The number of ether oxygens (including phenoxy) is 3. The quantitative estimate of drug-likeness (QED) is 0.306. The Hall–Kier alpha value is -2.00. The van der Waals surface area contributed by atoms with Gasteiger partial charge in [0.05, 0.1) is 6.10 Å². The van der Waals surface area contributed by atoms with Gasteiger partial charge in [0.1, 0.15) is 11.5 Å². The van der Waals surface area contributed by atoms with Crippen molar-refractivity contribution in [3.63, 3.8) is 0 Å². The van der Waals surface area contributed by atoms with Crippen molar-refractivity contribution in [2.24, 2.45) is 5.41 Å². The molecule has 4 atom stereocenters. The Kier molecular flexibility index (Phi) is 13.3. The molecule has 34 heavy (non-hydrogen) atoms. The van der Waals surface area contributed by atoms with E-state index >= 15 is 0 Å². The zero-order valence-electron chi connectivity index (χ0n) is 23.5. The summed E-state index contributed by atoms with van der Waals surface area (Å²) in [6, 6.07) is 16.8. The molecule has 0 aliphatic carbocycles. The minimum absolute atomic E-state index is 0.181. The molecule has 0 aromatic heterocycles. The van der Waals surface area contributed by atoms with Gasteiger partial charge < -0.3 is 14.2 Å². The molecule has 0 aliphatic rings. The van der Waals surface area contributed by atoms with Crippen LogP contribution in [0.1, 0.15) is 111 Å². The zero-order chi connectivity index (χ0) is 25.7. The maximum absolute atomic E-state index is 5.96. The second kappa shape index (κ2) is 15.1. The van der Waals surface area contributed by atoms with Crippen molar-refractivity contribution in [2.75, 3.05) is 6.61 Å². The molecule has 0 amide bonds. The molecule has 0 N–H and O–H groups in total. The van der Waals surface area contributed by atoms with E-state index in [-0.39, 0.29) is 12.4 Å². The first kappa shape index (κ1) is 30.0. The van der Waals surface area contributed by atoms with Crippen LogP contribution in [-0.2, 0) is 4.74 Å². The molecule has 4 unspecified atom stereocenters. The van der Waals surface area contributed by atoms with Crippen molar-refractivity contribution in [3.05, 3.63) is 59.7 Å². The van der Waals surface area contributed by atoms with E-state index in [9.17, 15) is 0 Å². The van der Waals surface area contributed by atoms with Crippen LogP contribution >= 0.6 is 0 Å². The van der Waals surface area contributed by atoms with E-state index < -0.39 is 0 Å². The van der Waals surface area contributed by atoms with Crippen molar-refractivity contribution in [2.45, 2.75) is 113 Å². The van der Waals surface area contributed by atoms with Crippen LogP contribution in [0.15, 0.2) is 48.5 Å². The molecule has 0 saturated heterocycles. The van der Waals surface area contributed by atoms with Crippen molar-refractivity contribution >= 4 is 0 Å². The molecule has 0 fully saturated rings. The third kappa shape index (κ3) is 11.9. The van der Waals surface area contributed by atoms with Crippen molar-refractivity contribution in [3.8, 4) is 11.5 Å². The Balaban J connectivity index is 0.000000342. The van der Waals surface area contributed by atoms with Crippen LogP contribution in [0.2, 0.25) is 0 Å². The van der Waals surface area contributed by atoms with Gasteiger partial charge >= 0.3 is 0 Å². The van der Waals surface area contributed by atoms with Gasteiger partial charge in [-0.15, -0.1) is 0 Å². The molecule has 2 aromatic rings. The van der Waals surface area contributed by atoms with Gasteiger partial charge in [-0.3, -0.25) is 0 Å². The molecule has 0 saturated carbocycles. The van der Waals surface area contributed by atoms with Crippen molar-refractivity contribution in [1.29, 1.82) is 0 Å². The summed E-state index contributed by atoms with van der Waals surface area (Å²) in [5.74, 6) is 3.09. The standard InChI is InChI=1S/C17H28O.C14H22O2/c1-7-13(2)15-8-10-16(11-9-15)18-14(3)12-17(4,5)6;1-5-11(3)13-7-9-14(10-8-13)16-12(4)15-6-2/h8-11,13-14H,7,12H2,1-6H3;7-12H,5-6H2,1-4H3.